The van der Waals surface area contributed by atoms with E-state index in [4.69, 9.17) is 5.11 Å². The zero-order valence-electron chi connectivity index (χ0n) is 10.0. The Hall–Kier alpha value is -1.36. The first-order chi connectivity index (χ1) is 7.56. The van der Waals surface area contributed by atoms with E-state index in [9.17, 15) is 4.79 Å². The lowest BCUT2D eigenvalue weighted by Crippen LogP contribution is -2.39. The maximum atomic E-state index is 11.6. The molecule has 1 atom stereocenters. The number of aryl methyl sites for hydroxylation is 2. The van der Waals surface area contributed by atoms with Crippen molar-refractivity contribution < 1.29 is 9.90 Å². The second-order valence-electron chi connectivity index (χ2n) is 3.94. The highest BCUT2D eigenvalue weighted by molar-refractivity contribution is 5.76. The summed E-state index contributed by atoms with van der Waals surface area (Å²) < 4.78 is 1.66. The fourth-order valence-corrected chi connectivity index (χ4v) is 1.52. The van der Waals surface area contributed by atoms with Gasteiger partial charge in [0, 0.05) is 5.69 Å². The van der Waals surface area contributed by atoms with Gasteiger partial charge in [-0.05, 0) is 26.3 Å². The molecule has 1 rings (SSSR count). The van der Waals surface area contributed by atoms with Gasteiger partial charge >= 0.3 is 0 Å². The summed E-state index contributed by atoms with van der Waals surface area (Å²) in [6.07, 6.45) is 0.722. The van der Waals surface area contributed by atoms with E-state index in [0.717, 1.165) is 17.8 Å². The van der Waals surface area contributed by atoms with E-state index in [-0.39, 0.29) is 25.1 Å². The number of aliphatic hydroxyl groups excluding tert-OH is 1. The number of nitrogens with one attached hydrogen (secondary N) is 1. The molecule has 0 saturated carbocycles. The lowest BCUT2D eigenvalue weighted by Gasteiger charge is -2.14. The van der Waals surface area contributed by atoms with Crippen LogP contribution in [0.25, 0.3) is 0 Å². The van der Waals surface area contributed by atoms with Crippen LogP contribution in [0.3, 0.4) is 0 Å². The number of rotatable bonds is 5. The molecule has 5 nitrogen and oxygen atoms in total. The fraction of sp³-hybridized carbons (Fsp3) is 0.636. The Labute approximate surface area is 95.5 Å². The van der Waals surface area contributed by atoms with Crippen molar-refractivity contribution in [3.05, 3.63) is 17.5 Å². The molecule has 1 heterocycles. The third-order valence-electron chi connectivity index (χ3n) is 2.48. The molecule has 2 N–H and O–H groups in total. The number of nitrogens with zero attached hydrogens (tertiary/aromatic N) is 2. The lowest BCUT2D eigenvalue weighted by molar-refractivity contribution is -0.122. The molecule has 0 spiro atoms. The van der Waals surface area contributed by atoms with Crippen LogP contribution in [0.4, 0.5) is 0 Å². The smallest absolute Gasteiger partial charge is 0.242 e. The zero-order valence-corrected chi connectivity index (χ0v) is 10.0. The summed E-state index contributed by atoms with van der Waals surface area (Å²) in [5.74, 6) is -0.118. The number of hydrogen-bond acceptors (Lipinski definition) is 3. The number of carbonyl (C=O) groups is 1. The molecule has 1 aromatic heterocycles. The van der Waals surface area contributed by atoms with Crippen LogP contribution in [0, 0.1) is 13.8 Å². The standard InChI is InChI=1S/C11H19N3O2/c1-4-10(7-15)12-11(16)6-14-9(3)5-8(2)13-14/h5,10,15H,4,6-7H2,1-3H3,(H,12,16)/t10-/m1/s1. The van der Waals surface area contributed by atoms with E-state index < -0.39 is 0 Å². The summed E-state index contributed by atoms with van der Waals surface area (Å²) >= 11 is 0. The van der Waals surface area contributed by atoms with Crippen LogP contribution >= 0.6 is 0 Å². The summed E-state index contributed by atoms with van der Waals surface area (Å²) in [5, 5.41) is 15.9. The van der Waals surface area contributed by atoms with E-state index in [0.29, 0.717) is 0 Å². The van der Waals surface area contributed by atoms with Gasteiger partial charge in [0.25, 0.3) is 0 Å². The molecule has 0 radical (unpaired) electrons. The van der Waals surface area contributed by atoms with Gasteiger partial charge in [-0.3, -0.25) is 9.48 Å². The maximum Gasteiger partial charge on any atom is 0.242 e. The Morgan fingerprint density at radius 1 is 1.62 bits per heavy atom. The normalized spacial score (nSPS) is 12.5. The third-order valence-corrected chi connectivity index (χ3v) is 2.48. The van der Waals surface area contributed by atoms with Crippen molar-refractivity contribution in [1.82, 2.24) is 15.1 Å². The van der Waals surface area contributed by atoms with E-state index in [1.165, 1.54) is 0 Å². The second-order valence-corrected chi connectivity index (χ2v) is 3.94. The molecule has 0 aromatic carbocycles. The maximum absolute atomic E-state index is 11.6. The molecule has 0 aliphatic carbocycles. The zero-order chi connectivity index (χ0) is 12.1. The monoisotopic (exact) mass is 225 g/mol. The van der Waals surface area contributed by atoms with Crippen molar-refractivity contribution in [2.24, 2.45) is 0 Å². The molecular formula is C11H19N3O2. The Morgan fingerprint density at radius 2 is 2.31 bits per heavy atom. The van der Waals surface area contributed by atoms with Crippen LogP contribution in [0.15, 0.2) is 6.07 Å². The molecule has 5 heteroatoms. The van der Waals surface area contributed by atoms with E-state index in [2.05, 4.69) is 10.4 Å². The number of hydrogen-bond donors (Lipinski definition) is 2. The molecule has 0 aliphatic rings. The molecule has 16 heavy (non-hydrogen) atoms. The van der Waals surface area contributed by atoms with Gasteiger partial charge < -0.3 is 10.4 Å². The highest BCUT2D eigenvalue weighted by atomic mass is 16.3. The van der Waals surface area contributed by atoms with Gasteiger partial charge in [0.1, 0.15) is 6.54 Å². The summed E-state index contributed by atoms with van der Waals surface area (Å²) in [6.45, 7) is 5.90. The highest BCUT2D eigenvalue weighted by Crippen LogP contribution is 2.01. The molecule has 0 bridgehead atoms. The minimum Gasteiger partial charge on any atom is -0.394 e. The van der Waals surface area contributed by atoms with Crippen LogP contribution in [0.1, 0.15) is 24.7 Å². The van der Waals surface area contributed by atoms with E-state index in [1.807, 2.05) is 26.8 Å². The van der Waals surface area contributed by atoms with Crippen molar-refractivity contribution in [2.45, 2.75) is 39.8 Å². The fourth-order valence-electron chi connectivity index (χ4n) is 1.52. The van der Waals surface area contributed by atoms with Crippen LogP contribution < -0.4 is 5.32 Å². The Bertz CT molecular complexity index is 356. The van der Waals surface area contributed by atoms with Crippen molar-refractivity contribution in [3.8, 4) is 0 Å². The Balaban J connectivity index is 2.54. The molecule has 0 fully saturated rings. The summed E-state index contributed by atoms with van der Waals surface area (Å²) in [6, 6.07) is 1.76. The highest BCUT2D eigenvalue weighted by Gasteiger charge is 2.11. The summed E-state index contributed by atoms with van der Waals surface area (Å²) in [7, 11) is 0. The topological polar surface area (TPSA) is 67.2 Å². The average Bonchev–Trinajstić information content (AvgIpc) is 2.54. The number of aromatic nitrogens is 2. The molecular weight excluding hydrogens is 206 g/mol. The quantitative estimate of drug-likeness (QED) is 0.761. The van der Waals surface area contributed by atoms with Crippen molar-refractivity contribution >= 4 is 5.91 Å². The third kappa shape index (κ3) is 3.34. The van der Waals surface area contributed by atoms with E-state index in [1.54, 1.807) is 4.68 Å². The van der Waals surface area contributed by atoms with Gasteiger partial charge in [-0.25, -0.2) is 0 Å². The van der Waals surface area contributed by atoms with Gasteiger partial charge in [-0.15, -0.1) is 0 Å². The Kier molecular flexibility index (Phi) is 4.49. The van der Waals surface area contributed by atoms with Gasteiger partial charge in [-0.2, -0.15) is 5.10 Å². The molecule has 0 unspecified atom stereocenters. The molecule has 90 valence electrons. The Morgan fingerprint density at radius 3 is 2.75 bits per heavy atom. The molecule has 1 aromatic rings. The predicted molar refractivity (Wildman–Crippen MR) is 61.0 cm³/mol. The second kappa shape index (κ2) is 5.65. The predicted octanol–water partition coefficient (Wildman–Crippen LogP) is 0.387. The van der Waals surface area contributed by atoms with Gasteiger partial charge in [-0.1, -0.05) is 6.92 Å². The van der Waals surface area contributed by atoms with Gasteiger partial charge in [0.05, 0.1) is 18.3 Å². The first kappa shape index (κ1) is 12.7. The van der Waals surface area contributed by atoms with Gasteiger partial charge in [0.2, 0.25) is 5.91 Å². The molecule has 0 aliphatic heterocycles. The minimum absolute atomic E-state index is 0.0284. The number of aliphatic hydroxyl groups is 1. The van der Waals surface area contributed by atoms with Crippen molar-refractivity contribution in [1.29, 1.82) is 0 Å². The van der Waals surface area contributed by atoms with Crippen LogP contribution in [-0.2, 0) is 11.3 Å². The van der Waals surface area contributed by atoms with Crippen molar-refractivity contribution in [2.75, 3.05) is 6.61 Å². The molecule has 1 amide bonds. The number of carbonyl (C=O) groups excluding carboxylic acids is 1. The minimum atomic E-state index is -0.163. The van der Waals surface area contributed by atoms with Crippen LogP contribution in [0.5, 0.6) is 0 Å². The largest absolute Gasteiger partial charge is 0.394 e. The van der Waals surface area contributed by atoms with Crippen LogP contribution in [0.2, 0.25) is 0 Å². The van der Waals surface area contributed by atoms with Crippen molar-refractivity contribution in [3.63, 3.8) is 0 Å². The first-order valence-corrected chi connectivity index (χ1v) is 5.48. The summed E-state index contributed by atoms with van der Waals surface area (Å²) in [5.41, 5.74) is 1.86. The molecule has 0 saturated heterocycles. The average molecular weight is 225 g/mol. The van der Waals surface area contributed by atoms with Gasteiger partial charge in [0.15, 0.2) is 0 Å². The number of amides is 1. The lowest BCUT2D eigenvalue weighted by atomic mass is 10.2. The first-order valence-electron chi connectivity index (χ1n) is 5.48. The SMILES string of the molecule is CC[C@H](CO)NC(=O)Cn1nc(C)cc1C. The van der Waals surface area contributed by atoms with Crippen LogP contribution in [-0.4, -0.2) is 33.4 Å². The summed E-state index contributed by atoms with van der Waals surface area (Å²) in [4.78, 5) is 11.6. The van der Waals surface area contributed by atoms with E-state index >= 15 is 0 Å².